The van der Waals surface area contributed by atoms with Crippen LogP contribution < -0.4 is 5.73 Å². The summed E-state index contributed by atoms with van der Waals surface area (Å²) in [6.07, 6.45) is 0.345. The Labute approximate surface area is 134 Å². The largest absolute Gasteiger partial charge is 0.327 e. The van der Waals surface area contributed by atoms with Crippen LogP contribution in [0.3, 0.4) is 0 Å². The molecular weight excluding hydrogens is 341 g/mol. The van der Waals surface area contributed by atoms with E-state index in [-0.39, 0.29) is 30.9 Å². The third kappa shape index (κ3) is 4.84. The van der Waals surface area contributed by atoms with Crippen molar-refractivity contribution in [3.8, 4) is 0 Å². The van der Waals surface area contributed by atoms with E-state index in [2.05, 4.69) is 0 Å². The van der Waals surface area contributed by atoms with Crippen LogP contribution in [0.5, 0.6) is 0 Å². The van der Waals surface area contributed by atoms with Crippen molar-refractivity contribution < 1.29 is 21.6 Å². The predicted octanol–water partition coefficient (Wildman–Crippen LogP) is 2.52. The number of hydrogen-bond donors (Lipinski definition) is 1. The molecule has 1 atom stereocenters. The fraction of sp³-hybridized carbons (Fsp3) is 0.538. The molecule has 22 heavy (non-hydrogen) atoms. The number of benzene rings is 1. The van der Waals surface area contributed by atoms with E-state index < -0.39 is 32.4 Å². The standard InChI is InChI=1S/C13H19F3N2O2S.ClH/c1-8(2)12(17)4-5-18(3)21(19,20)13-10(15)6-9(14)7-11(13)16;/h6-8,12H,4-5,17H2,1-3H3;1H. The van der Waals surface area contributed by atoms with Crippen molar-refractivity contribution in [1.29, 1.82) is 0 Å². The third-order valence-electron chi connectivity index (χ3n) is 3.26. The highest BCUT2D eigenvalue weighted by molar-refractivity contribution is 7.89. The Hall–Kier alpha value is -0.830. The molecule has 0 fully saturated rings. The molecule has 4 nitrogen and oxygen atoms in total. The second-order valence-corrected chi connectivity index (χ2v) is 7.20. The number of nitrogens with two attached hydrogens (primary N) is 1. The van der Waals surface area contributed by atoms with E-state index in [1.807, 2.05) is 13.8 Å². The molecule has 0 saturated carbocycles. The van der Waals surface area contributed by atoms with Gasteiger partial charge < -0.3 is 5.73 Å². The Morgan fingerprint density at radius 2 is 1.64 bits per heavy atom. The maximum atomic E-state index is 13.6. The molecule has 9 heteroatoms. The fourth-order valence-corrected chi connectivity index (χ4v) is 2.98. The van der Waals surface area contributed by atoms with E-state index in [9.17, 15) is 21.6 Å². The van der Waals surface area contributed by atoms with Crippen LogP contribution in [0.15, 0.2) is 17.0 Å². The normalized spacial score (nSPS) is 13.3. The van der Waals surface area contributed by atoms with Crippen LogP contribution >= 0.6 is 12.4 Å². The lowest BCUT2D eigenvalue weighted by atomic mass is 10.0. The van der Waals surface area contributed by atoms with Crippen LogP contribution in [-0.4, -0.2) is 32.4 Å². The molecular formula is C13H20ClF3N2O2S. The smallest absolute Gasteiger partial charge is 0.248 e. The molecule has 0 spiro atoms. The topological polar surface area (TPSA) is 63.4 Å². The summed E-state index contributed by atoms with van der Waals surface area (Å²) in [4.78, 5) is -1.15. The highest BCUT2D eigenvalue weighted by Crippen LogP contribution is 2.23. The second-order valence-electron chi connectivity index (χ2n) is 5.22. The summed E-state index contributed by atoms with van der Waals surface area (Å²) in [5.74, 6) is -3.92. The molecule has 0 amide bonds. The minimum atomic E-state index is -4.38. The van der Waals surface area contributed by atoms with Gasteiger partial charge in [-0.1, -0.05) is 13.8 Å². The molecule has 2 N–H and O–H groups in total. The van der Waals surface area contributed by atoms with Crippen molar-refractivity contribution in [2.45, 2.75) is 31.2 Å². The van der Waals surface area contributed by atoms with Gasteiger partial charge in [0.1, 0.15) is 17.5 Å². The van der Waals surface area contributed by atoms with Crippen molar-refractivity contribution in [2.24, 2.45) is 11.7 Å². The maximum absolute atomic E-state index is 13.6. The molecule has 0 saturated heterocycles. The lowest BCUT2D eigenvalue weighted by Gasteiger charge is -2.21. The monoisotopic (exact) mass is 360 g/mol. The van der Waals surface area contributed by atoms with Gasteiger partial charge >= 0.3 is 0 Å². The minimum Gasteiger partial charge on any atom is -0.327 e. The molecule has 1 aromatic carbocycles. The molecule has 0 aliphatic heterocycles. The zero-order valence-corrected chi connectivity index (χ0v) is 14.1. The van der Waals surface area contributed by atoms with Gasteiger partial charge in [0.05, 0.1) is 0 Å². The summed E-state index contributed by atoms with van der Waals surface area (Å²) in [6, 6.07) is 0.443. The first-order chi connectivity index (χ1) is 9.57. The molecule has 0 heterocycles. The molecule has 128 valence electrons. The lowest BCUT2D eigenvalue weighted by molar-refractivity contribution is 0.392. The van der Waals surface area contributed by atoms with Gasteiger partial charge in [0.25, 0.3) is 0 Å². The predicted molar refractivity (Wildman–Crippen MR) is 80.8 cm³/mol. The molecule has 0 radical (unpaired) electrons. The van der Waals surface area contributed by atoms with Crippen molar-refractivity contribution in [3.05, 3.63) is 29.6 Å². The van der Waals surface area contributed by atoms with Crippen LogP contribution in [0, 0.1) is 23.4 Å². The van der Waals surface area contributed by atoms with Gasteiger partial charge in [-0.2, -0.15) is 0 Å². The number of halogens is 4. The van der Waals surface area contributed by atoms with Crippen molar-refractivity contribution in [3.63, 3.8) is 0 Å². The van der Waals surface area contributed by atoms with Crippen LogP contribution in [-0.2, 0) is 10.0 Å². The summed E-state index contributed by atoms with van der Waals surface area (Å²) >= 11 is 0. The van der Waals surface area contributed by atoms with Crippen LogP contribution in [0.25, 0.3) is 0 Å². The van der Waals surface area contributed by atoms with E-state index in [0.29, 0.717) is 18.6 Å². The van der Waals surface area contributed by atoms with Gasteiger partial charge in [-0.05, 0) is 12.3 Å². The molecule has 0 aliphatic carbocycles. The summed E-state index contributed by atoms with van der Waals surface area (Å²) in [5, 5.41) is 0. The summed E-state index contributed by atoms with van der Waals surface area (Å²) < 4.78 is 65.1. The summed E-state index contributed by atoms with van der Waals surface area (Å²) in [6.45, 7) is 3.79. The van der Waals surface area contributed by atoms with E-state index in [4.69, 9.17) is 5.73 Å². The Morgan fingerprint density at radius 1 is 1.18 bits per heavy atom. The van der Waals surface area contributed by atoms with Gasteiger partial charge in [-0.25, -0.2) is 25.9 Å². The van der Waals surface area contributed by atoms with Crippen molar-refractivity contribution in [1.82, 2.24) is 4.31 Å². The second kappa shape index (κ2) is 8.14. The average Bonchev–Trinajstić information content (AvgIpc) is 2.33. The first kappa shape index (κ1) is 21.2. The lowest BCUT2D eigenvalue weighted by Crippen LogP contribution is -2.35. The van der Waals surface area contributed by atoms with E-state index in [1.54, 1.807) is 0 Å². The highest BCUT2D eigenvalue weighted by Gasteiger charge is 2.29. The first-order valence-corrected chi connectivity index (χ1v) is 7.87. The van der Waals surface area contributed by atoms with Crippen LogP contribution in [0.4, 0.5) is 13.2 Å². The quantitative estimate of drug-likeness (QED) is 0.847. The van der Waals surface area contributed by atoms with Gasteiger partial charge in [-0.15, -0.1) is 12.4 Å². The van der Waals surface area contributed by atoms with Crippen LogP contribution in [0.1, 0.15) is 20.3 Å². The number of rotatable bonds is 6. The SMILES string of the molecule is CC(C)C(N)CCN(C)S(=O)(=O)c1c(F)cc(F)cc1F.Cl. The van der Waals surface area contributed by atoms with Gasteiger partial charge in [0.15, 0.2) is 4.90 Å². The number of sulfonamides is 1. The number of nitrogens with zero attached hydrogens (tertiary/aromatic N) is 1. The minimum absolute atomic E-state index is 0. The average molecular weight is 361 g/mol. The Balaban J connectivity index is 0.00000441. The van der Waals surface area contributed by atoms with Crippen molar-refractivity contribution >= 4 is 22.4 Å². The first-order valence-electron chi connectivity index (χ1n) is 6.43. The fourth-order valence-electron chi connectivity index (χ4n) is 1.72. The van der Waals surface area contributed by atoms with E-state index >= 15 is 0 Å². The third-order valence-corrected chi connectivity index (χ3v) is 5.17. The van der Waals surface area contributed by atoms with E-state index in [0.717, 1.165) is 4.31 Å². The van der Waals surface area contributed by atoms with Gasteiger partial charge in [-0.3, -0.25) is 0 Å². The Kier molecular flexibility index (Phi) is 7.84. The molecule has 0 aliphatic rings. The van der Waals surface area contributed by atoms with Gasteiger partial charge in [0.2, 0.25) is 10.0 Å². The molecule has 1 unspecified atom stereocenters. The van der Waals surface area contributed by atoms with Gasteiger partial charge in [0, 0.05) is 31.8 Å². The zero-order chi connectivity index (χ0) is 16.4. The van der Waals surface area contributed by atoms with E-state index in [1.165, 1.54) is 7.05 Å². The van der Waals surface area contributed by atoms with Crippen LogP contribution in [0.2, 0.25) is 0 Å². The Bertz CT molecular complexity index is 588. The highest BCUT2D eigenvalue weighted by atomic mass is 35.5. The zero-order valence-electron chi connectivity index (χ0n) is 12.5. The molecule has 1 rings (SSSR count). The summed E-state index contributed by atoms with van der Waals surface area (Å²) in [7, 11) is -3.18. The molecule has 0 aromatic heterocycles. The molecule has 1 aromatic rings. The molecule has 0 bridgehead atoms. The van der Waals surface area contributed by atoms with Crippen molar-refractivity contribution in [2.75, 3.05) is 13.6 Å². The maximum Gasteiger partial charge on any atom is 0.248 e. The number of hydrogen-bond acceptors (Lipinski definition) is 3. The summed E-state index contributed by atoms with van der Waals surface area (Å²) in [5.41, 5.74) is 5.81. The Morgan fingerprint density at radius 3 is 2.05 bits per heavy atom.